The number of rotatable bonds is 4. The highest BCUT2D eigenvalue weighted by Crippen LogP contribution is 2.28. The van der Waals surface area contributed by atoms with Gasteiger partial charge in [-0.25, -0.2) is 4.98 Å². The van der Waals surface area contributed by atoms with Crippen LogP contribution in [0.5, 0.6) is 0 Å². The molecule has 142 valence electrons. The molecule has 7 nitrogen and oxygen atoms in total. The van der Waals surface area contributed by atoms with Crippen LogP contribution >= 0.6 is 11.3 Å². The number of anilines is 1. The van der Waals surface area contributed by atoms with Crippen LogP contribution in [0.15, 0.2) is 60.0 Å². The largest absolute Gasteiger partial charge is 0.345 e. The van der Waals surface area contributed by atoms with Crippen molar-refractivity contribution in [3.63, 3.8) is 0 Å². The average molecular weight is 394 g/mol. The maximum Gasteiger partial charge on any atom is 0.282 e. The predicted molar refractivity (Wildman–Crippen MR) is 109 cm³/mol. The van der Waals surface area contributed by atoms with Crippen molar-refractivity contribution < 1.29 is 9.72 Å². The Bertz CT molecular complexity index is 997. The molecule has 1 aliphatic heterocycles. The normalized spacial score (nSPS) is 14.1. The lowest BCUT2D eigenvalue weighted by molar-refractivity contribution is -0.385. The monoisotopic (exact) mass is 394 g/mol. The molecule has 0 spiro atoms. The highest BCUT2D eigenvalue weighted by molar-refractivity contribution is 7.14. The van der Waals surface area contributed by atoms with Gasteiger partial charge in [-0.2, -0.15) is 0 Å². The number of benzene rings is 2. The Morgan fingerprint density at radius 1 is 1.00 bits per heavy atom. The number of nitro groups is 1. The fourth-order valence-electron chi connectivity index (χ4n) is 3.24. The molecule has 1 amide bonds. The molecule has 0 aliphatic carbocycles. The molecule has 0 atom stereocenters. The summed E-state index contributed by atoms with van der Waals surface area (Å²) >= 11 is 1.59. The van der Waals surface area contributed by atoms with Gasteiger partial charge in [0, 0.05) is 43.2 Å². The molecule has 0 bridgehead atoms. The molecule has 3 aromatic rings. The van der Waals surface area contributed by atoms with Crippen LogP contribution in [0.2, 0.25) is 0 Å². The van der Waals surface area contributed by atoms with E-state index < -0.39 is 4.92 Å². The van der Waals surface area contributed by atoms with E-state index in [1.54, 1.807) is 28.4 Å². The summed E-state index contributed by atoms with van der Waals surface area (Å²) in [6.45, 7) is 2.30. The van der Waals surface area contributed by atoms with Crippen LogP contribution in [0, 0.1) is 10.1 Å². The summed E-state index contributed by atoms with van der Waals surface area (Å²) in [6.07, 6.45) is 0. The number of hydrogen-bond acceptors (Lipinski definition) is 6. The van der Waals surface area contributed by atoms with Crippen molar-refractivity contribution in [1.29, 1.82) is 0 Å². The summed E-state index contributed by atoms with van der Waals surface area (Å²) in [5.74, 6) is -0.295. The fourth-order valence-corrected chi connectivity index (χ4v) is 4.12. The number of hydrogen-bond donors (Lipinski definition) is 0. The summed E-state index contributed by atoms with van der Waals surface area (Å²) < 4.78 is 0. The van der Waals surface area contributed by atoms with Gasteiger partial charge in [-0.15, -0.1) is 11.3 Å². The van der Waals surface area contributed by atoms with Gasteiger partial charge in [0.2, 0.25) is 0 Å². The molecule has 0 N–H and O–H groups in total. The molecule has 0 saturated carbocycles. The minimum Gasteiger partial charge on any atom is -0.345 e. The van der Waals surface area contributed by atoms with Gasteiger partial charge in [-0.05, 0) is 6.07 Å². The van der Waals surface area contributed by atoms with Crippen LogP contribution in [-0.2, 0) is 0 Å². The zero-order chi connectivity index (χ0) is 19.5. The fraction of sp³-hybridized carbons (Fsp3) is 0.200. The Balaban J connectivity index is 1.43. The van der Waals surface area contributed by atoms with Crippen LogP contribution in [0.3, 0.4) is 0 Å². The van der Waals surface area contributed by atoms with Gasteiger partial charge >= 0.3 is 0 Å². The van der Waals surface area contributed by atoms with Gasteiger partial charge in [-0.1, -0.05) is 42.5 Å². The Kier molecular flexibility index (Phi) is 5.03. The van der Waals surface area contributed by atoms with Gasteiger partial charge < -0.3 is 9.80 Å². The number of para-hydroxylation sites is 1. The molecule has 8 heteroatoms. The second kappa shape index (κ2) is 7.77. The number of amides is 1. The minimum absolute atomic E-state index is 0.140. The summed E-state index contributed by atoms with van der Waals surface area (Å²) in [7, 11) is 0. The molecule has 1 aliphatic rings. The van der Waals surface area contributed by atoms with Gasteiger partial charge in [0.25, 0.3) is 11.6 Å². The third-order valence-electron chi connectivity index (χ3n) is 4.73. The maximum atomic E-state index is 12.7. The minimum atomic E-state index is -0.510. The second-order valence-corrected chi connectivity index (χ2v) is 7.27. The van der Waals surface area contributed by atoms with Crippen molar-refractivity contribution in [3.8, 4) is 11.3 Å². The first-order valence-electron chi connectivity index (χ1n) is 8.92. The molecular formula is C20H18N4O3S. The summed E-state index contributed by atoms with van der Waals surface area (Å²) in [4.78, 5) is 32.0. The number of carbonyl (C=O) groups excluding carboxylic acids is 1. The highest BCUT2D eigenvalue weighted by atomic mass is 32.1. The molecule has 1 saturated heterocycles. The number of nitrogens with zero attached hydrogens (tertiary/aromatic N) is 4. The predicted octanol–water partition coefficient (Wildman–Crippen LogP) is 3.68. The van der Waals surface area contributed by atoms with E-state index in [0.717, 1.165) is 16.4 Å². The summed E-state index contributed by atoms with van der Waals surface area (Å²) in [5, 5.41) is 14.1. The van der Waals surface area contributed by atoms with E-state index in [4.69, 9.17) is 4.98 Å². The maximum absolute atomic E-state index is 12.7. The Morgan fingerprint density at radius 3 is 2.39 bits per heavy atom. The molecular weight excluding hydrogens is 376 g/mol. The molecule has 1 aromatic heterocycles. The van der Waals surface area contributed by atoms with Gasteiger partial charge in [0.1, 0.15) is 5.56 Å². The number of piperazine rings is 1. The second-order valence-electron chi connectivity index (χ2n) is 6.43. The van der Waals surface area contributed by atoms with E-state index in [-0.39, 0.29) is 17.2 Å². The van der Waals surface area contributed by atoms with Crippen LogP contribution in [0.1, 0.15) is 10.4 Å². The Morgan fingerprint density at radius 2 is 1.68 bits per heavy atom. The smallest absolute Gasteiger partial charge is 0.282 e. The van der Waals surface area contributed by atoms with Crippen molar-refractivity contribution in [1.82, 2.24) is 9.88 Å². The van der Waals surface area contributed by atoms with Crippen molar-refractivity contribution in [2.45, 2.75) is 0 Å². The third kappa shape index (κ3) is 3.59. The first-order chi connectivity index (χ1) is 13.6. The average Bonchev–Trinajstić information content (AvgIpc) is 3.24. The van der Waals surface area contributed by atoms with Gasteiger partial charge in [0.05, 0.1) is 10.6 Å². The molecule has 4 rings (SSSR count). The zero-order valence-corrected chi connectivity index (χ0v) is 15.8. The van der Waals surface area contributed by atoms with E-state index in [1.165, 1.54) is 12.1 Å². The van der Waals surface area contributed by atoms with Gasteiger partial charge in [0.15, 0.2) is 5.13 Å². The number of nitro benzene ring substituents is 1. The molecule has 2 aromatic carbocycles. The number of aromatic nitrogens is 1. The van der Waals surface area contributed by atoms with Crippen molar-refractivity contribution in [3.05, 3.63) is 75.7 Å². The first kappa shape index (κ1) is 18.1. The lowest BCUT2D eigenvalue weighted by Crippen LogP contribution is -2.48. The molecule has 2 heterocycles. The van der Waals surface area contributed by atoms with E-state index in [0.29, 0.717) is 26.2 Å². The van der Waals surface area contributed by atoms with E-state index in [1.807, 2.05) is 35.7 Å². The Hall–Kier alpha value is -3.26. The lowest BCUT2D eigenvalue weighted by Gasteiger charge is -2.34. The van der Waals surface area contributed by atoms with Crippen molar-refractivity contribution in [2.75, 3.05) is 31.1 Å². The zero-order valence-electron chi connectivity index (χ0n) is 15.0. The SMILES string of the molecule is O=C(c1ccccc1[N+](=O)[O-])N1CCN(c2nc(-c3ccccc3)cs2)CC1. The quantitative estimate of drug-likeness (QED) is 0.498. The van der Waals surface area contributed by atoms with E-state index in [2.05, 4.69) is 4.90 Å². The first-order valence-corrected chi connectivity index (χ1v) is 9.80. The van der Waals surface area contributed by atoms with E-state index in [9.17, 15) is 14.9 Å². The van der Waals surface area contributed by atoms with Crippen LogP contribution in [-0.4, -0.2) is 46.9 Å². The Labute approximate surface area is 166 Å². The standard InChI is InChI=1S/C20H18N4O3S/c25-19(16-8-4-5-9-18(16)24(26)27)22-10-12-23(13-11-22)20-21-17(14-28-20)15-6-2-1-3-7-15/h1-9,14H,10-13H2. The third-order valence-corrected chi connectivity index (χ3v) is 5.63. The van der Waals surface area contributed by atoms with E-state index >= 15 is 0 Å². The molecule has 1 fully saturated rings. The van der Waals surface area contributed by atoms with Crippen molar-refractivity contribution >= 4 is 28.1 Å². The van der Waals surface area contributed by atoms with Crippen LogP contribution in [0.4, 0.5) is 10.8 Å². The topological polar surface area (TPSA) is 79.6 Å². The highest BCUT2D eigenvalue weighted by Gasteiger charge is 2.28. The summed E-state index contributed by atoms with van der Waals surface area (Å²) in [6, 6.07) is 16.1. The molecule has 0 radical (unpaired) electrons. The number of thiazole rings is 1. The van der Waals surface area contributed by atoms with Crippen LogP contribution in [0.25, 0.3) is 11.3 Å². The summed E-state index contributed by atoms with van der Waals surface area (Å²) in [5.41, 5.74) is 2.01. The molecule has 0 unspecified atom stereocenters. The molecule has 28 heavy (non-hydrogen) atoms. The number of carbonyl (C=O) groups is 1. The van der Waals surface area contributed by atoms with Gasteiger partial charge in [-0.3, -0.25) is 14.9 Å². The van der Waals surface area contributed by atoms with Crippen LogP contribution < -0.4 is 4.90 Å². The lowest BCUT2D eigenvalue weighted by atomic mass is 10.1. The van der Waals surface area contributed by atoms with Crippen molar-refractivity contribution in [2.24, 2.45) is 0 Å².